The number of hydrogen-bond acceptors (Lipinski definition) is 1. The van der Waals surface area contributed by atoms with E-state index in [2.05, 4.69) is 12.6 Å². The summed E-state index contributed by atoms with van der Waals surface area (Å²) in [6.45, 7) is 0. The van der Waals surface area contributed by atoms with Gasteiger partial charge in [0.1, 0.15) is 0 Å². The van der Waals surface area contributed by atoms with Crippen molar-refractivity contribution < 1.29 is 17.6 Å². The van der Waals surface area contributed by atoms with Crippen LogP contribution in [0.3, 0.4) is 0 Å². The van der Waals surface area contributed by atoms with Crippen molar-refractivity contribution in [1.29, 1.82) is 0 Å². The molecular weight excluding hydrogens is 156 g/mol. The minimum Gasteiger partial charge on any atom is -0.204 e. The van der Waals surface area contributed by atoms with Gasteiger partial charge in [0.05, 0.1) is 0 Å². The van der Waals surface area contributed by atoms with E-state index in [0.29, 0.717) is 0 Å². The minimum absolute atomic E-state index is 0.225. The van der Waals surface area contributed by atoms with Crippen molar-refractivity contribution in [3.8, 4) is 0 Å². The van der Waals surface area contributed by atoms with Gasteiger partial charge in [-0.15, -0.1) is 0 Å². The molecule has 0 bridgehead atoms. The number of halogens is 4. The number of alkyl halides is 4. The third-order valence-corrected chi connectivity index (χ3v) is 0.988. The molecule has 0 nitrogen and oxygen atoms in total. The third kappa shape index (κ3) is 2.93. The van der Waals surface area contributed by atoms with Gasteiger partial charge in [-0.2, -0.15) is 12.6 Å². The monoisotopic (exact) mass is 162 g/mol. The Bertz CT molecular complexity index is 82.6. The molecule has 0 aromatic carbocycles. The molecule has 0 aliphatic rings. The smallest absolute Gasteiger partial charge is 0.204 e. The quantitative estimate of drug-likeness (QED) is 0.477. The first-order chi connectivity index (χ1) is 4.00. The van der Waals surface area contributed by atoms with Crippen LogP contribution in [0.5, 0.6) is 0 Å². The average Bonchev–Trinajstić information content (AvgIpc) is 1.65. The molecule has 0 N–H and O–H groups in total. The molecule has 0 saturated heterocycles. The van der Waals surface area contributed by atoms with Gasteiger partial charge in [0.25, 0.3) is 0 Å². The summed E-state index contributed by atoms with van der Waals surface area (Å²) in [5.74, 6) is -4.08. The maximum Gasteiger partial charge on any atom is 0.308 e. The van der Waals surface area contributed by atoms with E-state index < -0.39 is 18.8 Å². The van der Waals surface area contributed by atoms with Crippen LogP contribution in [0.25, 0.3) is 0 Å². The Morgan fingerprint density at radius 1 is 1.33 bits per heavy atom. The van der Waals surface area contributed by atoms with Crippen LogP contribution in [-0.4, -0.2) is 18.1 Å². The van der Waals surface area contributed by atoms with Crippen LogP contribution < -0.4 is 0 Å². The molecule has 0 rings (SSSR count). The van der Waals surface area contributed by atoms with Gasteiger partial charge < -0.3 is 0 Å². The summed E-state index contributed by atoms with van der Waals surface area (Å²) in [6.07, 6.45) is -4.43. The normalized spacial score (nSPS) is 12.7. The van der Waals surface area contributed by atoms with Gasteiger partial charge in [-0.1, -0.05) is 0 Å². The maximum absolute atomic E-state index is 11.7. The molecule has 0 heterocycles. The highest BCUT2D eigenvalue weighted by Gasteiger charge is 2.39. The van der Waals surface area contributed by atoms with Crippen molar-refractivity contribution >= 4 is 12.6 Å². The third-order valence-electron chi connectivity index (χ3n) is 0.764. The zero-order chi connectivity index (χ0) is 7.49. The first kappa shape index (κ1) is 9.07. The molecule has 5 heteroatoms. The molecule has 0 aromatic rings. The molecule has 0 aromatic heterocycles. The van der Waals surface area contributed by atoms with Gasteiger partial charge in [-0.05, 0) is 5.75 Å². The standard InChI is InChI=1S/C4H6F4S/c5-3(6)4(7,8)1-2-9/h3,9H,1-2H2. The molecule has 0 amide bonds. The second-order valence-corrected chi connectivity index (χ2v) is 1.98. The van der Waals surface area contributed by atoms with E-state index in [-0.39, 0.29) is 5.75 Å². The van der Waals surface area contributed by atoms with E-state index >= 15 is 0 Å². The van der Waals surface area contributed by atoms with Crippen molar-refractivity contribution in [2.75, 3.05) is 5.75 Å². The summed E-state index contributed by atoms with van der Waals surface area (Å²) in [5, 5.41) is 0. The average molecular weight is 162 g/mol. The highest BCUT2D eigenvalue weighted by Crippen LogP contribution is 2.26. The largest absolute Gasteiger partial charge is 0.308 e. The van der Waals surface area contributed by atoms with Gasteiger partial charge >= 0.3 is 12.3 Å². The Kier molecular flexibility index (Phi) is 3.32. The van der Waals surface area contributed by atoms with Crippen LogP contribution in [0.1, 0.15) is 6.42 Å². The van der Waals surface area contributed by atoms with Gasteiger partial charge in [-0.3, -0.25) is 0 Å². The fraction of sp³-hybridized carbons (Fsp3) is 1.00. The van der Waals surface area contributed by atoms with Crippen LogP contribution in [0.15, 0.2) is 0 Å². The summed E-state index contributed by atoms with van der Waals surface area (Å²) in [7, 11) is 0. The summed E-state index contributed by atoms with van der Waals surface area (Å²) >= 11 is 3.40. The van der Waals surface area contributed by atoms with E-state index in [1.54, 1.807) is 0 Å². The summed E-state index contributed by atoms with van der Waals surface area (Å²) in [6, 6.07) is 0. The fourth-order valence-corrected chi connectivity index (χ4v) is 0.556. The molecule has 0 spiro atoms. The van der Waals surface area contributed by atoms with E-state index in [0.717, 1.165) is 0 Å². The highest BCUT2D eigenvalue weighted by molar-refractivity contribution is 7.80. The zero-order valence-electron chi connectivity index (χ0n) is 4.45. The molecule has 56 valence electrons. The van der Waals surface area contributed by atoms with Gasteiger partial charge in [0.15, 0.2) is 0 Å². The van der Waals surface area contributed by atoms with Crippen molar-refractivity contribution in [2.45, 2.75) is 18.8 Å². The second-order valence-electron chi connectivity index (χ2n) is 1.54. The number of hydrogen-bond donors (Lipinski definition) is 1. The maximum atomic E-state index is 11.7. The Hall–Kier alpha value is 0.0700. The van der Waals surface area contributed by atoms with E-state index in [9.17, 15) is 17.6 Å². The van der Waals surface area contributed by atoms with Crippen LogP contribution in [0.2, 0.25) is 0 Å². The minimum atomic E-state index is -3.86. The van der Waals surface area contributed by atoms with Gasteiger partial charge in [0.2, 0.25) is 0 Å². The summed E-state index contributed by atoms with van der Waals surface area (Å²) in [4.78, 5) is 0. The Balaban J connectivity index is 3.70. The second kappa shape index (κ2) is 3.29. The highest BCUT2D eigenvalue weighted by atomic mass is 32.1. The van der Waals surface area contributed by atoms with Gasteiger partial charge in [-0.25, -0.2) is 17.6 Å². The molecule has 0 unspecified atom stereocenters. The molecule has 0 aliphatic carbocycles. The first-order valence-corrected chi connectivity index (χ1v) is 2.91. The Morgan fingerprint density at radius 2 is 1.78 bits per heavy atom. The number of thiol groups is 1. The Labute approximate surface area is 55.7 Å². The summed E-state index contributed by atoms with van der Waals surface area (Å²) in [5.41, 5.74) is 0. The van der Waals surface area contributed by atoms with Crippen LogP contribution in [-0.2, 0) is 0 Å². The lowest BCUT2D eigenvalue weighted by Gasteiger charge is -2.12. The molecule has 0 fully saturated rings. The Morgan fingerprint density at radius 3 is 1.89 bits per heavy atom. The molecule has 0 radical (unpaired) electrons. The topological polar surface area (TPSA) is 0 Å². The van der Waals surface area contributed by atoms with Gasteiger partial charge in [0, 0.05) is 6.42 Å². The predicted octanol–water partition coefficient (Wildman–Crippen LogP) is 2.21. The van der Waals surface area contributed by atoms with Crippen molar-refractivity contribution in [1.82, 2.24) is 0 Å². The summed E-state index contributed by atoms with van der Waals surface area (Å²) < 4.78 is 45.9. The fourth-order valence-electron chi connectivity index (χ4n) is 0.258. The number of rotatable bonds is 3. The van der Waals surface area contributed by atoms with Crippen molar-refractivity contribution in [2.24, 2.45) is 0 Å². The molecule has 0 atom stereocenters. The van der Waals surface area contributed by atoms with Crippen LogP contribution >= 0.6 is 12.6 Å². The van der Waals surface area contributed by atoms with Crippen molar-refractivity contribution in [3.05, 3.63) is 0 Å². The lowest BCUT2D eigenvalue weighted by molar-refractivity contribution is -0.128. The van der Waals surface area contributed by atoms with Crippen LogP contribution in [0, 0.1) is 0 Å². The predicted molar refractivity (Wildman–Crippen MR) is 29.4 cm³/mol. The molecular formula is C4H6F4S. The molecule has 0 aliphatic heterocycles. The zero-order valence-corrected chi connectivity index (χ0v) is 5.35. The molecule has 9 heavy (non-hydrogen) atoms. The van der Waals surface area contributed by atoms with Crippen molar-refractivity contribution in [3.63, 3.8) is 0 Å². The molecule has 0 saturated carbocycles. The van der Waals surface area contributed by atoms with E-state index in [1.165, 1.54) is 0 Å². The SMILES string of the molecule is FC(F)C(F)(F)CCS. The van der Waals surface area contributed by atoms with E-state index in [1.807, 2.05) is 0 Å². The van der Waals surface area contributed by atoms with Crippen LogP contribution in [0.4, 0.5) is 17.6 Å². The van der Waals surface area contributed by atoms with E-state index in [4.69, 9.17) is 0 Å². The first-order valence-electron chi connectivity index (χ1n) is 2.27. The lowest BCUT2D eigenvalue weighted by Crippen LogP contribution is -2.26. The lowest BCUT2D eigenvalue weighted by atomic mass is 10.3.